The number of rotatable bonds is 5. The lowest BCUT2D eigenvalue weighted by Gasteiger charge is -2.14. The quantitative estimate of drug-likeness (QED) is 0.887. The Hall–Kier alpha value is -1.81. The molecule has 1 atom stereocenters. The summed E-state index contributed by atoms with van der Waals surface area (Å²) in [6.45, 7) is 2.68. The standard InChI is InChI=1S/C17H18BrNO2/c1-12(13-6-4-3-5-7-13)11-19-17(20)15-10-14(21-2)8-9-16(15)18/h3-10,12H,11H2,1-2H3,(H,19,20)/t12-/m0/s1. The lowest BCUT2D eigenvalue weighted by Crippen LogP contribution is -2.27. The summed E-state index contributed by atoms with van der Waals surface area (Å²) < 4.78 is 5.91. The van der Waals surface area contributed by atoms with E-state index in [1.54, 1.807) is 13.2 Å². The van der Waals surface area contributed by atoms with Crippen molar-refractivity contribution in [1.29, 1.82) is 0 Å². The van der Waals surface area contributed by atoms with Crippen LogP contribution in [0.5, 0.6) is 5.75 Å². The van der Waals surface area contributed by atoms with Gasteiger partial charge >= 0.3 is 0 Å². The highest BCUT2D eigenvalue weighted by atomic mass is 79.9. The summed E-state index contributed by atoms with van der Waals surface area (Å²) in [5.74, 6) is 0.822. The summed E-state index contributed by atoms with van der Waals surface area (Å²) in [7, 11) is 1.59. The first-order valence-electron chi connectivity index (χ1n) is 6.78. The van der Waals surface area contributed by atoms with Crippen molar-refractivity contribution >= 4 is 21.8 Å². The molecule has 2 rings (SSSR count). The van der Waals surface area contributed by atoms with Gasteiger partial charge in [-0.25, -0.2) is 0 Å². The van der Waals surface area contributed by atoms with Crippen LogP contribution < -0.4 is 10.1 Å². The van der Waals surface area contributed by atoms with E-state index >= 15 is 0 Å². The van der Waals surface area contributed by atoms with Crippen LogP contribution in [0.2, 0.25) is 0 Å². The second-order valence-electron chi connectivity index (χ2n) is 4.87. The van der Waals surface area contributed by atoms with Gasteiger partial charge in [0.2, 0.25) is 0 Å². The minimum Gasteiger partial charge on any atom is -0.497 e. The maximum Gasteiger partial charge on any atom is 0.252 e. The Labute approximate surface area is 133 Å². The van der Waals surface area contributed by atoms with Crippen molar-refractivity contribution in [3.63, 3.8) is 0 Å². The molecule has 0 aliphatic rings. The van der Waals surface area contributed by atoms with E-state index in [9.17, 15) is 4.79 Å². The minimum atomic E-state index is -0.108. The van der Waals surface area contributed by atoms with E-state index in [0.29, 0.717) is 17.9 Å². The average molecular weight is 348 g/mol. The highest BCUT2D eigenvalue weighted by molar-refractivity contribution is 9.10. The van der Waals surface area contributed by atoms with Crippen molar-refractivity contribution in [3.8, 4) is 5.75 Å². The summed E-state index contributed by atoms with van der Waals surface area (Å²) in [4.78, 5) is 12.3. The Morgan fingerprint density at radius 2 is 1.95 bits per heavy atom. The van der Waals surface area contributed by atoms with E-state index in [4.69, 9.17) is 4.74 Å². The number of methoxy groups -OCH3 is 1. The third kappa shape index (κ3) is 4.08. The number of hydrogen-bond donors (Lipinski definition) is 1. The van der Waals surface area contributed by atoms with Gasteiger partial charge in [-0.15, -0.1) is 0 Å². The van der Waals surface area contributed by atoms with Crippen LogP contribution in [-0.2, 0) is 0 Å². The lowest BCUT2D eigenvalue weighted by molar-refractivity contribution is 0.0950. The van der Waals surface area contributed by atoms with Gasteiger partial charge in [0, 0.05) is 11.0 Å². The molecular weight excluding hydrogens is 330 g/mol. The van der Waals surface area contributed by atoms with Crippen LogP contribution in [0.25, 0.3) is 0 Å². The molecule has 2 aromatic rings. The topological polar surface area (TPSA) is 38.3 Å². The van der Waals surface area contributed by atoms with E-state index in [-0.39, 0.29) is 11.8 Å². The second kappa shape index (κ2) is 7.27. The molecule has 0 unspecified atom stereocenters. The number of nitrogens with one attached hydrogen (secondary N) is 1. The second-order valence-corrected chi connectivity index (χ2v) is 5.72. The molecule has 0 saturated carbocycles. The first kappa shape index (κ1) is 15.6. The number of carbonyl (C=O) groups is 1. The molecule has 4 heteroatoms. The highest BCUT2D eigenvalue weighted by Crippen LogP contribution is 2.22. The zero-order valence-corrected chi connectivity index (χ0v) is 13.7. The molecule has 0 heterocycles. The number of benzene rings is 2. The van der Waals surface area contributed by atoms with E-state index in [0.717, 1.165) is 4.47 Å². The van der Waals surface area contributed by atoms with Crippen LogP contribution in [-0.4, -0.2) is 19.6 Å². The fraction of sp³-hybridized carbons (Fsp3) is 0.235. The molecule has 2 aromatic carbocycles. The van der Waals surface area contributed by atoms with E-state index in [1.807, 2.05) is 30.3 Å². The average Bonchev–Trinajstić information content (AvgIpc) is 2.53. The van der Waals surface area contributed by atoms with Crippen molar-refractivity contribution in [3.05, 3.63) is 64.1 Å². The molecule has 3 nitrogen and oxygen atoms in total. The molecule has 0 bridgehead atoms. The number of halogens is 1. The molecular formula is C17H18BrNO2. The maximum atomic E-state index is 12.3. The summed E-state index contributed by atoms with van der Waals surface area (Å²) in [5.41, 5.74) is 1.79. The zero-order valence-electron chi connectivity index (χ0n) is 12.1. The fourth-order valence-corrected chi connectivity index (χ4v) is 2.47. The summed E-state index contributed by atoms with van der Waals surface area (Å²) in [6, 6.07) is 15.5. The third-order valence-electron chi connectivity index (χ3n) is 3.36. The summed E-state index contributed by atoms with van der Waals surface area (Å²) >= 11 is 3.40. The molecule has 0 saturated heterocycles. The van der Waals surface area contributed by atoms with Crippen LogP contribution >= 0.6 is 15.9 Å². The number of carbonyl (C=O) groups excluding carboxylic acids is 1. The van der Waals surface area contributed by atoms with Crippen LogP contribution in [0.4, 0.5) is 0 Å². The lowest BCUT2D eigenvalue weighted by atomic mass is 10.0. The van der Waals surface area contributed by atoms with Crippen LogP contribution in [0.3, 0.4) is 0 Å². The monoisotopic (exact) mass is 347 g/mol. The molecule has 110 valence electrons. The van der Waals surface area contributed by atoms with Crippen LogP contribution in [0.1, 0.15) is 28.8 Å². The van der Waals surface area contributed by atoms with Gasteiger partial charge in [0.25, 0.3) is 5.91 Å². The predicted octanol–water partition coefficient (Wildman–Crippen LogP) is 3.99. The van der Waals surface area contributed by atoms with Crippen LogP contribution in [0, 0.1) is 0 Å². The fourth-order valence-electron chi connectivity index (χ4n) is 2.05. The van der Waals surface area contributed by atoms with Crippen LogP contribution in [0.15, 0.2) is 53.0 Å². The van der Waals surface area contributed by atoms with E-state index in [2.05, 4.69) is 40.3 Å². The van der Waals surface area contributed by atoms with Gasteiger partial charge in [0.05, 0.1) is 12.7 Å². The predicted molar refractivity (Wildman–Crippen MR) is 87.9 cm³/mol. The summed E-state index contributed by atoms with van der Waals surface area (Å²) in [5, 5.41) is 2.96. The Morgan fingerprint density at radius 1 is 1.24 bits per heavy atom. The van der Waals surface area contributed by atoms with E-state index < -0.39 is 0 Å². The van der Waals surface area contributed by atoms with Gasteiger partial charge in [-0.1, -0.05) is 37.3 Å². The highest BCUT2D eigenvalue weighted by Gasteiger charge is 2.13. The van der Waals surface area contributed by atoms with Gasteiger partial charge < -0.3 is 10.1 Å². The van der Waals surface area contributed by atoms with Gasteiger partial charge in [-0.3, -0.25) is 4.79 Å². The van der Waals surface area contributed by atoms with Gasteiger partial charge in [-0.2, -0.15) is 0 Å². The Bertz CT molecular complexity index is 613. The van der Waals surface area contributed by atoms with Crippen molar-refractivity contribution in [1.82, 2.24) is 5.32 Å². The normalized spacial score (nSPS) is 11.8. The minimum absolute atomic E-state index is 0.108. The molecule has 0 aromatic heterocycles. The first-order valence-corrected chi connectivity index (χ1v) is 7.58. The molecule has 0 spiro atoms. The molecule has 1 N–H and O–H groups in total. The summed E-state index contributed by atoms with van der Waals surface area (Å²) in [6.07, 6.45) is 0. The Kier molecular flexibility index (Phi) is 5.39. The molecule has 0 aliphatic carbocycles. The van der Waals surface area contributed by atoms with Gasteiger partial charge in [0.15, 0.2) is 0 Å². The molecule has 1 amide bonds. The number of ether oxygens (including phenoxy) is 1. The first-order chi connectivity index (χ1) is 10.1. The van der Waals surface area contributed by atoms with E-state index in [1.165, 1.54) is 5.56 Å². The number of amides is 1. The Balaban J connectivity index is 2.02. The van der Waals surface area contributed by atoms with Crippen molar-refractivity contribution in [2.45, 2.75) is 12.8 Å². The van der Waals surface area contributed by atoms with Crippen molar-refractivity contribution in [2.24, 2.45) is 0 Å². The smallest absolute Gasteiger partial charge is 0.252 e. The van der Waals surface area contributed by atoms with Gasteiger partial charge in [-0.05, 0) is 45.6 Å². The van der Waals surface area contributed by atoms with Gasteiger partial charge in [0.1, 0.15) is 5.75 Å². The molecule has 0 radical (unpaired) electrons. The number of hydrogen-bond acceptors (Lipinski definition) is 2. The zero-order chi connectivity index (χ0) is 15.2. The molecule has 0 fully saturated rings. The largest absolute Gasteiger partial charge is 0.497 e. The maximum absolute atomic E-state index is 12.3. The SMILES string of the molecule is COc1ccc(Br)c(C(=O)NC[C@H](C)c2ccccc2)c1. The molecule has 21 heavy (non-hydrogen) atoms. The third-order valence-corrected chi connectivity index (χ3v) is 4.05. The van der Waals surface area contributed by atoms with Crippen molar-refractivity contribution in [2.75, 3.05) is 13.7 Å². The molecule has 0 aliphatic heterocycles. The Morgan fingerprint density at radius 3 is 2.62 bits per heavy atom. The van der Waals surface area contributed by atoms with Crippen molar-refractivity contribution < 1.29 is 9.53 Å².